The van der Waals surface area contributed by atoms with Crippen LogP contribution < -0.4 is 10.6 Å². The van der Waals surface area contributed by atoms with Crippen LogP contribution in [0.4, 0.5) is 0 Å². The number of hydrogen-bond donors (Lipinski definition) is 2. The Morgan fingerprint density at radius 2 is 1.78 bits per heavy atom. The van der Waals surface area contributed by atoms with Gasteiger partial charge in [-0.05, 0) is 20.0 Å². The summed E-state index contributed by atoms with van der Waals surface area (Å²) in [4.78, 5) is 0. The third-order valence-electron chi connectivity index (χ3n) is 0.729. The molecule has 0 atom stereocenters. The Hall–Kier alpha value is -0.0800. The van der Waals surface area contributed by atoms with Crippen LogP contribution in [0.25, 0.3) is 0 Å². The molecule has 0 radical (unpaired) electrons. The highest BCUT2D eigenvalue weighted by atomic mass is 15.0. The molecule has 0 rings (SSSR count). The molecule has 0 amide bonds. The van der Waals surface area contributed by atoms with Crippen LogP contribution in [-0.2, 0) is 0 Å². The summed E-state index contributed by atoms with van der Waals surface area (Å²) in [6.07, 6.45) is 1.21. The Morgan fingerprint density at radius 1 is 1.22 bits per heavy atom. The summed E-state index contributed by atoms with van der Waals surface area (Å²) in [5.41, 5.74) is 0. The maximum absolute atomic E-state index is 3.17. The number of rotatable bonds is 4. The van der Waals surface area contributed by atoms with Gasteiger partial charge in [-0.1, -0.05) is 20.8 Å². The highest BCUT2D eigenvalue weighted by molar-refractivity contribution is 4.37. The second kappa shape index (κ2) is 15.7. The predicted octanol–water partition coefficient (Wildman–Crippen LogP) is 1.19. The van der Waals surface area contributed by atoms with Crippen LogP contribution in [-0.4, -0.2) is 20.3 Å². The Morgan fingerprint density at radius 3 is 2.11 bits per heavy atom. The maximum atomic E-state index is 3.17. The van der Waals surface area contributed by atoms with Crippen LogP contribution in [0.3, 0.4) is 0 Å². The van der Waals surface area contributed by atoms with Crippen LogP contribution in [0.15, 0.2) is 0 Å². The molecule has 0 aromatic carbocycles. The van der Waals surface area contributed by atoms with Gasteiger partial charge >= 0.3 is 0 Å². The topological polar surface area (TPSA) is 24.1 Å². The van der Waals surface area contributed by atoms with Crippen LogP contribution in [0.5, 0.6) is 0 Å². The molecule has 0 aliphatic heterocycles. The molecule has 0 saturated carbocycles. The van der Waals surface area contributed by atoms with Crippen molar-refractivity contribution >= 4 is 0 Å². The average molecular weight is 132 g/mol. The molecule has 0 bridgehead atoms. The molecule has 0 aromatic rings. The SMILES string of the molecule is CC.CCCNCNC. The van der Waals surface area contributed by atoms with E-state index in [2.05, 4.69) is 17.6 Å². The normalized spacial score (nSPS) is 8.00. The lowest BCUT2D eigenvalue weighted by Gasteiger charge is -1.97. The molecule has 0 heterocycles. The molecule has 0 spiro atoms. The number of nitrogens with one attached hydrogen (secondary N) is 2. The minimum Gasteiger partial charge on any atom is -0.308 e. The average Bonchev–Trinajstić information content (AvgIpc) is 1.94. The van der Waals surface area contributed by atoms with Gasteiger partial charge in [0.05, 0.1) is 0 Å². The highest BCUT2D eigenvalue weighted by Gasteiger charge is 1.75. The van der Waals surface area contributed by atoms with Gasteiger partial charge in [0.1, 0.15) is 0 Å². The summed E-state index contributed by atoms with van der Waals surface area (Å²) in [5.74, 6) is 0. The smallest absolute Gasteiger partial charge is 0.0451 e. The Kier molecular flexibility index (Phi) is 20.3. The van der Waals surface area contributed by atoms with E-state index in [-0.39, 0.29) is 0 Å². The van der Waals surface area contributed by atoms with E-state index in [0.717, 1.165) is 13.2 Å². The van der Waals surface area contributed by atoms with Crippen molar-refractivity contribution in [3.05, 3.63) is 0 Å². The Balaban J connectivity index is 0. The molecule has 0 fully saturated rings. The standard InChI is InChI=1S/C5H14N2.C2H6/c1-3-4-7-5-6-2;1-2/h6-7H,3-5H2,1-2H3;1-2H3. The summed E-state index contributed by atoms with van der Waals surface area (Å²) < 4.78 is 0. The van der Waals surface area contributed by atoms with Gasteiger partial charge in [-0.3, -0.25) is 0 Å². The zero-order chi connectivity index (χ0) is 7.54. The molecule has 0 unspecified atom stereocenters. The molecule has 0 aliphatic rings. The minimum atomic E-state index is 0.924. The summed E-state index contributed by atoms with van der Waals surface area (Å²) >= 11 is 0. The van der Waals surface area contributed by atoms with Crippen LogP contribution in [0.1, 0.15) is 27.2 Å². The predicted molar refractivity (Wildman–Crippen MR) is 43.6 cm³/mol. The van der Waals surface area contributed by atoms with Crippen molar-refractivity contribution in [3.8, 4) is 0 Å². The fourth-order valence-corrected chi connectivity index (χ4v) is 0.390. The molecular weight excluding hydrogens is 112 g/mol. The fourth-order valence-electron chi connectivity index (χ4n) is 0.390. The first kappa shape index (κ1) is 11.7. The second-order valence-corrected chi connectivity index (χ2v) is 1.53. The van der Waals surface area contributed by atoms with Gasteiger partial charge in [0.15, 0.2) is 0 Å². The van der Waals surface area contributed by atoms with Gasteiger partial charge in [-0.2, -0.15) is 0 Å². The van der Waals surface area contributed by atoms with Gasteiger partial charge in [-0.25, -0.2) is 0 Å². The van der Waals surface area contributed by atoms with Crippen molar-refractivity contribution in [3.63, 3.8) is 0 Å². The van der Waals surface area contributed by atoms with Crippen molar-refractivity contribution < 1.29 is 0 Å². The number of hydrogen-bond acceptors (Lipinski definition) is 2. The first-order valence-corrected chi connectivity index (χ1v) is 3.77. The zero-order valence-electron chi connectivity index (χ0n) is 7.12. The van der Waals surface area contributed by atoms with Crippen LogP contribution >= 0.6 is 0 Å². The molecule has 0 aliphatic carbocycles. The van der Waals surface area contributed by atoms with Gasteiger partial charge < -0.3 is 10.6 Å². The Bertz CT molecular complexity index is 26.1. The first-order chi connectivity index (χ1) is 4.41. The van der Waals surface area contributed by atoms with E-state index < -0.39 is 0 Å². The third kappa shape index (κ3) is 18.1. The van der Waals surface area contributed by atoms with E-state index in [1.165, 1.54) is 6.42 Å². The highest BCUT2D eigenvalue weighted by Crippen LogP contribution is 1.64. The molecule has 9 heavy (non-hydrogen) atoms. The van der Waals surface area contributed by atoms with Gasteiger partial charge in [-0.15, -0.1) is 0 Å². The van der Waals surface area contributed by atoms with E-state index in [9.17, 15) is 0 Å². The summed E-state index contributed by atoms with van der Waals surface area (Å²) in [6.45, 7) is 8.19. The first-order valence-electron chi connectivity index (χ1n) is 3.77. The van der Waals surface area contributed by atoms with E-state index in [1.54, 1.807) is 0 Å². The monoisotopic (exact) mass is 132 g/mol. The molecule has 2 N–H and O–H groups in total. The van der Waals surface area contributed by atoms with E-state index in [1.807, 2.05) is 20.9 Å². The second-order valence-electron chi connectivity index (χ2n) is 1.53. The molecule has 2 heteroatoms. The van der Waals surface area contributed by atoms with E-state index in [0.29, 0.717) is 0 Å². The van der Waals surface area contributed by atoms with E-state index in [4.69, 9.17) is 0 Å². The molecule has 58 valence electrons. The lowest BCUT2D eigenvalue weighted by Crippen LogP contribution is -2.26. The van der Waals surface area contributed by atoms with Crippen LogP contribution in [0.2, 0.25) is 0 Å². The Labute approximate surface area is 59.0 Å². The van der Waals surface area contributed by atoms with Crippen molar-refractivity contribution in [1.82, 2.24) is 10.6 Å². The minimum absolute atomic E-state index is 0.924. The van der Waals surface area contributed by atoms with E-state index >= 15 is 0 Å². The third-order valence-corrected chi connectivity index (χ3v) is 0.729. The summed E-state index contributed by atoms with van der Waals surface area (Å²) in [7, 11) is 1.93. The van der Waals surface area contributed by atoms with Crippen molar-refractivity contribution in [2.24, 2.45) is 0 Å². The molecule has 0 saturated heterocycles. The van der Waals surface area contributed by atoms with Crippen molar-refractivity contribution in [2.45, 2.75) is 27.2 Å². The quantitative estimate of drug-likeness (QED) is 0.443. The zero-order valence-corrected chi connectivity index (χ0v) is 7.12. The lowest BCUT2D eigenvalue weighted by atomic mass is 10.5. The van der Waals surface area contributed by atoms with Crippen molar-refractivity contribution in [1.29, 1.82) is 0 Å². The molecular formula is C7H20N2. The molecule has 2 nitrogen and oxygen atoms in total. The molecule has 0 aromatic heterocycles. The van der Waals surface area contributed by atoms with Crippen molar-refractivity contribution in [2.75, 3.05) is 20.3 Å². The van der Waals surface area contributed by atoms with Gasteiger partial charge in [0.2, 0.25) is 0 Å². The fraction of sp³-hybridized carbons (Fsp3) is 1.00. The summed E-state index contributed by atoms with van der Waals surface area (Å²) in [6, 6.07) is 0. The van der Waals surface area contributed by atoms with Gasteiger partial charge in [0, 0.05) is 6.67 Å². The van der Waals surface area contributed by atoms with Gasteiger partial charge in [0.25, 0.3) is 0 Å². The van der Waals surface area contributed by atoms with Crippen LogP contribution in [0, 0.1) is 0 Å². The maximum Gasteiger partial charge on any atom is 0.0451 e. The summed E-state index contributed by atoms with van der Waals surface area (Å²) in [5, 5.41) is 6.16. The largest absolute Gasteiger partial charge is 0.308 e. The lowest BCUT2D eigenvalue weighted by molar-refractivity contribution is 0.624.